The normalized spacial score (nSPS) is 18.8. The molecule has 10 heteroatoms. The lowest BCUT2D eigenvalue weighted by molar-refractivity contribution is -0.274. The van der Waals surface area contributed by atoms with E-state index in [0.717, 1.165) is 30.7 Å². The van der Waals surface area contributed by atoms with Crippen molar-refractivity contribution in [3.8, 4) is 5.75 Å². The number of hydrogen-bond acceptors (Lipinski definition) is 4. The Labute approximate surface area is 159 Å². The molecule has 0 aromatic heterocycles. The molecule has 0 spiro atoms. The number of alkyl halides is 3. The number of hydrogen-bond donors (Lipinski definition) is 1. The van der Waals surface area contributed by atoms with Gasteiger partial charge in [-0.2, -0.15) is 0 Å². The fraction of sp³-hybridized carbons (Fsp3) is 0.333. The lowest BCUT2D eigenvalue weighted by atomic mass is 10.0. The molecular formula is C18H17F4NO4S. The minimum absolute atomic E-state index is 0.230. The molecule has 28 heavy (non-hydrogen) atoms. The van der Waals surface area contributed by atoms with E-state index < -0.39 is 40.1 Å². The zero-order valence-corrected chi connectivity index (χ0v) is 15.3. The number of sulfonamides is 1. The van der Waals surface area contributed by atoms with Gasteiger partial charge in [0.1, 0.15) is 11.6 Å². The quantitative estimate of drug-likeness (QED) is 0.721. The molecule has 3 rings (SSSR count). The van der Waals surface area contributed by atoms with Gasteiger partial charge in [0.15, 0.2) is 0 Å². The molecule has 2 aromatic carbocycles. The Bertz CT molecular complexity index is 893. The first kappa shape index (κ1) is 20.6. The molecule has 1 heterocycles. The van der Waals surface area contributed by atoms with Crippen LogP contribution in [0.2, 0.25) is 0 Å². The Balaban J connectivity index is 1.83. The summed E-state index contributed by atoms with van der Waals surface area (Å²) in [5.41, 5.74) is 0.522. The van der Waals surface area contributed by atoms with Crippen molar-refractivity contribution in [3.05, 3.63) is 59.9 Å². The summed E-state index contributed by atoms with van der Waals surface area (Å²) in [6.07, 6.45) is -3.93. The monoisotopic (exact) mass is 419 g/mol. The first-order valence-corrected chi connectivity index (χ1v) is 9.87. The van der Waals surface area contributed by atoms with Gasteiger partial charge in [-0.25, -0.2) is 17.5 Å². The minimum atomic E-state index is -4.87. The van der Waals surface area contributed by atoms with Crippen LogP contribution in [0.3, 0.4) is 0 Å². The topological polar surface area (TPSA) is 64.6 Å². The van der Waals surface area contributed by atoms with Crippen molar-refractivity contribution in [1.82, 2.24) is 4.72 Å². The number of rotatable bonds is 6. The van der Waals surface area contributed by atoms with Crippen LogP contribution in [0.5, 0.6) is 5.75 Å². The van der Waals surface area contributed by atoms with Gasteiger partial charge in [-0.3, -0.25) is 0 Å². The second-order valence-corrected chi connectivity index (χ2v) is 7.94. The second kappa shape index (κ2) is 8.06. The van der Waals surface area contributed by atoms with Gasteiger partial charge in [-0.1, -0.05) is 12.1 Å². The van der Waals surface area contributed by atoms with E-state index in [4.69, 9.17) is 4.74 Å². The Hall–Kier alpha value is -2.17. The highest BCUT2D eigenvalue weighted by Crippen LogP contribution is 2.30. The summed E-state index contributed by atoms with van der Waals surface area (Å²) >= 11 is 0. The first-order chi connectivity index (χ1) is 13.1. The third-order valence-electron chi connectivity index (χ3n) is 4.22. The van der Waals surface area contributed by atoms with Crippen molar-refractivity contribution in [2.75, 3.05) is 6.61 Å². The maximum atomic E-state index is 13.2. The molecule has 0 radical (unpaired) electrons. The Morgan fingerprint density at radius 3 is 2.25 bits per heavy atom. The average Bonchev–Trinajstić information content (AvgIpc) is 3.14. The maximum absolute atomic E-state index is 13.2. The fourth-order valence-corrected chi connectivity index (χ4v) is 4.20. The second-order valence-electron chi connectivity index (χ2n) is 6.22. The molecule has 1 unspecified atom stereocenters. The summed E-state index contributed by atoms with van der Waals surface area (Å²) in [7, 11) is -4.08. The van der Waals surface area contributed by atoms with Gasteiger partial charge in [0.2, 0.25) is 10.0 Å². The molecule has 0 aliphatic carbocycles. The summed E-state index contributed by atoms with van der Waals surface area (Å²) in [4.78, 5) is -0.230. The van der Waals surface area contributed by atoms with E-state index in [1.165, 1.54) is 24.3 Å². The van der Waals surface area contributed by atoms with Crippen LogP contribution in [-0.4, -0.2) is 27.5 Å². The van der Waals surface area contributed by atoms with Gasteiger partial charge in [-0.15, -0.1) is 13.2 Å². The van der Waals surface area contributed by atoms with Crippen LogP contribution in [0.15, 0.2) is 53.4 Å². The van der Waals surface area contributed by atoms with Crippen LogP contribution in [-0.2, 0) is 14.8 Å². The Morgan fingerprint density at radius 2 is 1.71 bits per heavy atom. The molecule has 0 amide bonds. The zero-order valence-electron chi connectivity index (χ0n) is 14.4. The van der Waals surface area contributed by atoms with E-state index in [9.17, 15) is 26.0 Å². The average molecular weight is 419 g/mol. The van der Waals surface area contributed by atoms with Crippen molar-refractivity contribution in [2.24, 2.45) is 0 Å². The molecule has 2 atom stereocenters. The van der Waals surface area contributed by atoms with Crippen LogP contribution in [0, 0.1) is 5.82 Å². The van der Waals surface area contributed by atoms with Crippen molar-refractivity contribution >= 4 is 10.0 Å². The number of benzene rings is 2. The third-order valence-corrected chi connectivity index (χ3v) is 5.67. The summed E-state index contributed by atoms with van der Waals surface area (Å²) in [5.74, 6) is -0.987. The van der Waals surface area contributed by atoms with Gasteiger partial charge in [0.25, 0.3) is 0 Å². The predicted molar refractivity (Wildman–Crippen MR) is 91.6 cm³/mol. The standard InChI is InChI=1S/C18H17F4NO4S/c19-13-5-3-12(4-6-13)17(16-2-1-11-26-16)23-28(24,25)15-9-7-14(8-10-15)27-18(20,21)22/h3-10,16-17,23H,1-2,11H2/t16?,17-/m0/s1. The molecule has 1 saturated heterocycles. The minimum Gasteiger partial charge on any atom is -0.406 e. The van der Waals surface area contributed by atoms with Crippen molar-refractivity contribution < 1.29 is 35.5 Å². The van der Waals surface area contributed by atoms with E-state index in [2.05, 4.69) is 9.46 Å². The molecule has 2 aromatic rings. The Morgan fingerprint density at radius 1 is 1.07 bits per heavy atom. The van der Waals surface area contributed by atoms with E-state index in [-0.39, 0.29) is 4.90 Å². The van der Waals surface area contributed by atoms with Gasteiger partial charge in [0.05, 0.1) is 17.0 Å². The summed E-state index contributed by atoms with van der Waals surface area (Å²) in [6.45, 7) is 0.480. The van der Waals surface area contributed by atoms with Crippen molar-refractivity contribution in [1.29, 1.82) is 0 Å². The molecular weight excluding hydrogens is 402 g/mol. The number of nitrogens with one attached hydrogen (secondary N) is 1. The van der Waals surface area contributed by atoms with Crippen molar-refractivity contribution in [2.45, 2.75) is 36.2 Å². The third kappa shape index (κ3) is 5.21. The molecule has 1 fully saturated rings. The zero-order chi connectivity index (χ0) is 20.4. The smallest absolute Gasteiger partial charge is 0.406 e. The van der Waals surface area contributed by atoms with Crippen LogP contribution in [0.25, 0.3) is 0 Å². The molecule has 1 N–H and O–H groups in total. The fourth-order valence-electron chi connectivity index (χ4n) is 2.95. The Kier molecular flexibility index (Phi) is 5.92. The lowest BCUT2D eigenvalue weighted by Crippen LogP contribution is -2.36. The molecule has 1 aliphatic heterocycles. The van der Waals surface area contributed by atoms with E-state index in [0.29, 0.717) is 18.6 Å². The van der Waals surface area contributed by atoms with E-state index >= 15 is 0 Å². The highest BCUT2D eigenvalue weighted by Gasteiger charge is 2.33. The molecule has 5 nitrogen and oxygen atoms in total. The van der Waals surface area contributed by atoms with E-state index in [1.807, 2.05) is 0 Å². The van der Waals surface area contributed by atoms with Crippen LogP contribution in [0.4, 0.5) is 17.6 Å². The maximum Gasteiger partial charge on any atom is 0.573 e. The number of ether oxygens (including phenoxy) is 2. The van der Waals surface area contributed by atoms with Gasteiger partial charge in [-0.05, 0) is 54.8 Å². The van der Waals surface area contributed by atoms with Crippen LogP contribution in [0.1, 0.15) is 24.4 Å². The SMILES string of the molecule is O=S(=O)(N[C@@H](c1ccc(F)cc1)C1CCCO1)c1ccc(OC(F)(F)F)cc1. The van der Waals surface area contributed by atoms with E-state index in [1.54, 1.807) is 0 Å². The van der Waals surface area contributed by atoms with Crippen molar-refractivity contribution in [3.63, 3.8) is 0 Å². The van der Waals surface area contributed by atoms with Gasteiger partial charge >= 0.3 is 6.36 Å². The lowest BCUT2D eigenvalue weighted by Gasteiger charge is -2.24. The van der Waals surface area contributed by atoms with Gasteiger partial charge < -0.3 is 9.47 Å². The molecule has 0 saturated carbocycles. The predicted octanol–water partition coefficient (Wildman–Crippen LogP) is 3.92. The largest absolute Gasteiger partial charge is 0.573 e. The highest BCUT2D eigenvalue weighted by molar-refractivity contribution is 7.89. The van der Waals surface area contributed by atoms with Gasteiger partial charge in [0, 0.05) is 6.61 Å². The first-order valence-electron chi connectivity index (χ1n) is 8.39. The summed E-state index contributed by atoms with van der Waals surface area (Å²) < 4.78 is 87.3. The highest BCUT2D eigenvalue weighted by atomic mass is 32.2. The summed E-state index contributed by atoms with van der Waals surface area (Å²) in [6, 6.07) is 8.46. The molecule has 0 bridgehead atoms. The number of halogens is 4. The van der Waals surface area contributed by atoms with Crippen LogP contribution < -0.4 is 9.46 Å². The molecule has 1 aliphatic rings. The molecule has 152 valence electrons. The van der Waals surface area contributed by atoms with Crippen LogP contribution >= 0.6 is 0 Å². The summed E-state index contributed by atoms with van der Waals surface area (Å²) in [5, 5.41) is 0.